The Labute approximate surface area is 183 Å². The highest BCUT2D eigenvalue weighted by molar-refractivity contribution is 7.92. The first-order valence-electron chi connectivity index (χ1n) is 10.0. The molecule has 168 valence electrons. The molecule has 1 N–H and O–H groups in total. The lowest BCUT2D eigenvalue weighted by Crippen LogP contribution is -2.46. The molecule has 0 unspecified atom stereocenters. The number of amides is 1. The first-order chi connectivity index (χ1) is 14.8. The first kappa shape index (κ1) is 24.2. The Morgan fingerprint density at radius 3 is 2.45 bits per heavy atom. The lowest BCUT2D eigenvalue weighted by Gasteiger charge is -2.27. The summed E-state index contributed by atoms with van der Waals surface area (Å²) in [7, 11) is -3.67. The third-order valence-corrected chi connectivity index (χ3v) is 5.46. The molecule has 0 radical (unpaired) electrons. The number of hydrogen-bond acceptors (Lipinski definition) is 6. The Bertz CT molecular complexity index is 993. The number of para-hydroxylation sites is 1. The largest absolute Gasteiger partial charge is 0.490 e. The van der Waals surface area contributed by atoms with Crippen LogP contribution in [0.1, 0.15) is 32.8 Å². The number of carbonyl (C=O) groups is 1. The summed E-state index contributed by atoms with van der Waals surface area (Å²) in [4.78, 5) is 12.6. The molecule has 8 nitrogen and oxygen atoms in total. The monoisotopic (exact) mass is 447 g/mol. The number of nitrogens with zero attached hydrogens (tertiary/aromatic N) is 2. The first-order valence-corrected chi connectivity index (χ1v) is 11.9. The molecular formula is C22H29N3O5S. The van der Waals surface area contributed by atoms with Crippen LogP contribution < -0.4 is 19.2 Å². The SMILES string of the molecule is CCCOc1ccc(/C=N\NC(=O)[C@H](C)N(c2ccccc2)S(C)(=O)=O)cc1OCC. The van der Waals surface area contributed by atoms with Crippen LogP contribution >= 0.6 is 0 Å². The molecule has 0 aliphatic rings. The van der Waals surface area contributed by atoms with Crippen LogP contribution in [-0.2, 0) is 14.8 Å². The van der Waals surface area contributed by atoms with Gasteiger partial charge in [-0.05, 0) is 56.2 Å². The number of carbonyl (C=O) groups excluding carboxylic acids is 1. The van der Waals surface area contributed by atoms with E-state index in [4.69, 9.17) is 9.47 Å². The fraction of sp³-hybridized carbons (Fsp3) is 0.364. The van der Waals surface area contributed by atoms with Crippen LogP contribution in [0.15, 0.2) is 53.6 Å². The summed E-state index contributed by atoms with van der Waals surface area (Å²) < 4.78 is 36.9. The molecule has 0 fully saturated rings. The number of sulfonamides is 1. The number of hydrogen-bond donors (Lipinski definition) is 1. The van der Waals surface area contributed by atoms with E-state index in [1.807, 2.05) is 13.8 Å². The molecule has 0 aliphatic heterocycles. The van der Waals surface area contributed by atoms with Crippen LogP contribution in [0.2, 0.25) is 0 Å². The van der Waals surface area contributed by atoms with E-state index < -0.39 is 22.0 Å². The van der Waals surface area contributed by atoms with Gasteiger partial charge in [-0.2, -0.15) is 5.10 Å². The van der Waals surface area contributed by atoms with Gasteiger partial charge >= 0.3 is 0 Å². The molecule has 0 spiro atoms. The van der Waals surface area contributed by atoms with E-state index in [-0.39, 0.29) is 0 Å². The summed E-state index contributed by atoms with van der Waals surface area (Å²) in [5.41, 5.74) is 3.51. The van der Waals surface area contributed by atoms with Gasteiger partial charge in [0.2, 0.25) is 10.0 Å². The Hall–Kier alpha value is -3.07. The van der Waals surface area contributed by atoms with Gasteiger partial charge in [0.1, 0.15) is 6.04 Å². The van der Waals surface area contributed by atoms with E-state index in [0.29, 0.717) is 36.0 Å². The van der Waals surface area contributed by atoms with Crippen molar-refractivity contribution in [2.45, 2.75) is 33.2 Å². The van der Waals surface area contributed by atoms with E-state index in [2.05, 4.69) is 10.5 Å². The third-order valence-electron chi connectivity index (χ3n) is 4.22. The van der Waals surface area contributed by atoms with Gasteiger partial charge in [-0.1, -0.05) is 25.1 Å². The Balaban J connectivity index is 2.12. The normalized spacial score (nSPS) is 12.4. The molecule has 2 aromatic rings. The minimum atomic E-state index is -3.67. The van der Waals surface area contributed by atoms with Crippen LogP contribution in [-0.4, -0.2) is 46.1 Å². The maximum Gasteiger partial charge on any atom is 0.263 e. The van der Waals surface area contributed by atoms with Crippen molar-refractivity contribution in [1.82, 2.24) is 5.43 Å². The van der Waals surface area contributed by atoms with Crippen LogP contribution in [0.5, 0.6) is 11.5 Å². The summed E-state index contributed by atoms with van der Waals surface area (Å²) in [6.45, 7) is 6.48. The van der Waals surface area contributed by atoms with E-state index in [0.717, 1.165) is 17.0 Å². The second kappa shape index (κ2) is 11.4. The Morgan fingerprint density at radius 2 is 1.84 bits per heavy atom. The highest BCUT2D eigenvalue weighted by atomic mass is 32.2. The maximum atomic E-state index is 12.6. The molecule has 2 aromatic carbocycles. The summed E-state index contributed by atoms with van der Waals surface area (Å²) in [5, 5.41) is 3.97. The standard InChI is InChI=1S/C22H29N3O5S/c1-5-14-30-20-13-12-18(15-21(20)29-6-2)16-23-24-22(26)17(3)25(31(4,27)28)19-10-8-7-9-11-19/h7-13,15-17H,5-6,14H2,1-4H3,(H,24,26)/b23-16-/t17-/m0/s1. The molecule has 31 heavy (non-hydrogen) atoms. The zero-order chi connectivity index (χ0) is 22.9. The van der Waals surface area contributed by atoms with Gasteiger partial charge < -0.3 is 9.47 Å². The van der Waals surface area contributed by atoms with Crippen molar-refractivity contribution >= 4 is 27.8 Å². The van der Waals surface area contributed by atoms with Crippen molar-refractivity contribution < 1.29 is 22.7 Å². The van der Waals surface area contributed by atoms with Crippen molar-refractivity contribution in [2.24, 2.45) is 5.10 Å². The fourth-order valence-corrected chi connectivity index (χ4v) is 4.03. The molecule has 2 rings (SSSR count). The molecule has 0 aromatic heterocycles. The number of hydrazone groups is 1. The van der Waals surface area contributed by atoms with Crippen molar-refractivity contribution in [1.29, 1.82) is 0 Å². The topological polar surface area (TPSA) is 97.3 Å². The van der Waals surface area contributed by atoms with E-state index in [1.165, 1.54) is 13.1 Å². The molecule has 0 saturated carbocycles. The van der Waals surface area contributed by atoms with Crippen molar-refractivity contribution in [3.63, 3.8) is 0 Å². The van der Waals surface area contributed by atoms with Gasteiger partial charge in [0, 0.05) is 0 Å². The zero-order valence-electron chi connectivity index (χ0n) is 18.2. The van der Waals surface area contributed by atoms with Gasteiger partial charge in [-0.25, -0.2) is 13.8 Å². The zero-order valence-corrected chi connectivity index (χ0v) is 19.1. The fourth-order valence-electron chi connectivity index (χ4n) is 2.85. The van der Waals surface area contributed by atoms with Crippen LogP contribution in [0.4, 0.5) is 5.69 Å². The Kier molecular flexibility index (Phi) is 8.87. The number of anilines is 1. The highest BCUT2D eigenvalue weighted by Gasteiger charge is 2.28. The third kappa shape index (κ3) is 6.99. The van der Waals surface area contributed by atoms with Crippen LogP contribution in [0.25, 0.3) is 0 Å². The van der Waals surface area contributed by atoms with E-state index in [9.17, 15) is 13.2 Å². The smallest absolute Gasteiger partial charge is 0.263 e. The second-order valence-corrected chi connectivity index (χ2v) is 8.65. The van der Waals surface area contributed by atoms with Crippen LogP contribution in [0, 0.1) is 0 Å². The van der Waals surface area contributed by atoms with E-state index >= 15 is 0 Å². The average molecular weight is 448 g/mol. The molecule has 9 heteroatoms. The molecule has 1 amide bonds. The number of rotatable bonds is 11. The van der Waals surface area contributed by atoms with E-state index in [1.54, 1.807) is 48.5 Å². The van der Waals surface area contributed by atoms with Gasteiger partial charge in [0.05, 0.1) is 31.4 Å². The number of nitrogens with one attached hydrogen (secondary N) is 1. The molecule has 0 heterocycles. The summed E-state index contributed by atoms with van der Waals surface area (Å²) in [6, 6.07) is 12.8. The lowest BCUT2D eigenvalue weighted by molar-refractivity contribution is -0.121. The summed E-state index contributed by atoms with van der Waals surface area (Å²) in [6.07, 6.45) is 3.40. The predicted octanol–water partition coefficient (Wildman–Crippen LogP) is 3.18. The predicted molar refractivity (Wildman–Crippen MR) is 122 cm³/mol. The Morgan fingerprint density at radius 1 is 1.13 bits per heavy atom. The molecule has 0 saturated heterocycles. The maximum absolute atomic E-state index is 12.6. The molecular weight excluding hydrogens is 418 g/mol. The number of ether oxygens (including phenoxy) is 2. The van der Waals surface area contributed by atoms with Crippen molar-refractivity contribution in [3.05, 3.63) is 54.1 Å². The minimum Gasteiger partial charge on any atom is -0.490 e. The van der Waals surface area contributed by atoms with Gasteiger partial charge in [-0.15, -0.1) is 0 Å². The number of benzene rings is 2. The minimum absolute atomic E-state index is 0.403. The van der Waals surface area contributed by atoms with Crippen LogP contribution in [0.3, 0.4) is 0 Å². The van der Waals surface area contributed by atoms with Crippen molar-refractivity contribution in [2.75, 3.05) is 23.8 Å². The quantitative estimate of drug-likeness (QED) is 0.421. The van der Waals surface area contributed by atoms with Gasteiger partial charge in [0.15, 0.2) is 11.5 Å². The molecule has 0 bridgehead atoms. The molecule has 0 aliphatic carbocycles. The summed E-state index contributed by atoms with van der Waals surface area (Å²) in [5.74, 6) is 0.676. The lowest BCUT2D eigenvalue weighted by atomic mass is 10.2. The molecule has 1 atom stereocenters. The average Bonchev–Trinajstić information content (AvgIpc) is 2.73. The second-order valence-electron chi connectivity index (χ2n) is 6.79. The summed E-state index contributed by atoms with van der Waals surface area (Å²) >= 11 is 0. The van der Waals surface area contributed by atoms with Gasteiger partial charge in [-0.3, -0.25) is 9.10 Å². The van der Waals surface area contributed by atoms with Crippen molar-refractivity contribution in [3.8, 4) is 11.5 Å². The van der Waals surface area contributed by atoms with Gasteiger partial charge in [0.25, 0.3) is 5.91 Å². The highest BCUT2D eigenvalue weighted by Crippen LogP contribution is 2.28.